The number of nitrogens with zero attached hydrogens (tertiary/aromatic N) is 1. The highest BCUT2D eigenvalue weighted by Crippen LogP contribution is 2.37. The number of rotatable bonds is 10. The number of aromatic nitrogens is 1. The second kappa shape index (κ2) is 12.1. The van der Waals surface area contributed by atoms with Crippen molar-refractivity contribution < 1.29 is 14.3 Å². The van der Waals surface area contributed by atoms with E-state index >= 15 is 0 Å². The lowest BCUT2D eigenvalue weighted by Crippen LogP contribution is -2.29. The van der Waals surface area contributed by atoms with Gasteiger partial charge in [-0.3, -0.25) is 9.69 Å². The molecule has 5 rings (SSSR count). The Morgan fingerprint density at radius 1 is 1.10 bits per heavy atom. The summed E-state index contributed by atoms with van der Waals surface area (Å²) in [7, 11) is 1.39. The van der Waals surface area contributed by atoms with E-state index < -0.39 is 0 Å². The van der Waals surface area contributed by atoms with E-state index in [1.165, 1.54) is 46.3 Å². The molecule has 0 fully saturated rings. The molecule has 1 amide bonds. The van der Waals surface area contributed by atoms with Gasteiger partial charge in [0.2, 0.25) is 0 Å². The topological polar surface area (TPSA) is 74.4 Å². The number of methoxy groups -OCH3 is 1. The molecule has 3 aromatic carbocycles. The number of benzene rings is 3. The number of aryl methyl sites for hydroxylation is 1. The molecule has 200 valence electrons. The van der Waals surface area contributed by atoms with Gasteiger partial charge in [0.05, 0.1) is 7.11 Å². The second-order valence-corrected chi connectivity index (χ2v) is 10.0. The van der Waals surface area contributed by atoms with Crippen molar-refractivity contribution in [1.82, 2.24) is 15.2 Å². The highest BCUT2D eigenvalue weighted by atomic mass is 16.5. The zero-order chi connectivity index (χ0) is 27.2. The maximum Gasteiger partial charge on any atom is 0.330 e. The Morgan fingerprint density at radius 2 is 1.92 bits per heavy atom. The molecule has 0 radical (unpaired) electrons. The van der Waals surface area contributed by atoms with Crippen LogP contribution >= 0.6 is 0 Å². The van der Waals surface area contributed by atoms with Crippen molar-refractivity contribution in [2.45, 2.75) is 38.8 Å². The van der Waals surface area contributed by atoms with Crippen LogP contribution in [-0.2, 0) is 28.9 Å². The van der Waals surface area contributed by atoms with Crippen molar-refractivity contribution in [2.75, 3.05) is 20.2 Å². The monoisotopic (exact) mass is 521 g/mol. The molecule has 0 saturated heterocycles. The molecule has 4 aromatic rings. The van der Waals surface area contributed by atoms with Gasteiger partial charge in [0.15, 0.2) is 0 Å². The van der Waals surface area contributed by atoms with Gasteiger partial charge >= 0.3 is 5.97 Å². The summed E-state index contributed by atoms with van der Waals surface area (Å²) in [6.07, 6.45) is 8.39. The van der Waals surface area contributed by atoms with Gasteiger partial charge in [-0.2, -0.15) is 0 Å². The van der Waals surface area contributed by atoms with Gasteiger partial charge in [0, 0.05) is 54.4 Å². The minimum absolute atomic E-state index is 0.0398. The highest BCUT2D eigenvalue weighted by molar-refractivity contribution is 5.94. The van der Waals surface area contributed by atoms with Crippen LogP contribution < -0.4 is 5.32 Å². The first-order valence-corrected chi connectivity index (χ1v) is 13.6. The molecule has 0 spiro atoms. The first-order chi connectivity index (χ1) is 19.1. The third-order valence-corrected chi connectivity index (χ3v) is 7.55. The SMILES string of the molecule is CCNC(=O)c1ccc(CN(CCc2c[nH]c3ccccc23)C2CCc3cc(C=CC(=O)OC)ccc32)cc1. The predicted molar refractivity (Wildman–Crippen MR) is 155 cm³/mol. The third kappa shape index (κ3) is 6.13. The lowest BCUT2D eigenvalue weighted by Gasteiger charge is -2.30. The van der Waals surface area contributed by atoms with Crippen LogP contribution in [-0.4, -0.2) is 42.0 Å². The molecule has 1 atom stereocenters. The fourth-order valence-electron chi connectivity index (χ4n) is 5.54. The Hall–Kier alpha value is -4.16. The molecule has 1 unspecified atom stereocenters. The van der Waals surface area contributed by atoms with Crippen LogP contribution in [0.15, 0.2) is 79.0 Å². The lowest BCUT2D eigenvalue weighted by atomic mass is 10.0. The summed E-state index contributed by atoms with van der Waals surface area (Å²) >= 11 is 0. The van der Waals surface area contributed by atoms with Crippen LogP contribution in [0.1, 0.15) is 57.6 Å². The number of carbonyl (C=O) groups is 2. The molecule has 2 N–H and O–H groups in total. The van der Waals surface area contributed by atoms with E-state index in [4.69, 9.17) is 4.74 Å². The Balaban J connectivity index is 1.38. The summed E-state index contributed by atoms with van der Waals surface area (Å²) in [5, 5.41) is 4.14. The van der Waals surface area contributed by atoms with E-state index in [9.17, 15) is 9.59 Å². The number of H-pyrrole nitrogens is 1. The number of hydrogen-bond donors (Lipinski definition) is 2. The van der Waals surface area contributed by atoms with E-state index in [1.54, 1.807) is 0 Å². The van der Waals surface area contributed by atoms with Crippen molar-refractivity contribution in [3.63, 3.8) is 0 Å². The predicted octanol–water partition coefficient (Wildman–Crippen LogP) is 5.84. The Morgan fingerprint density at radius 3 is 2.72 bits per heavy atom. The fraction of sp³-hybridized carbons (Fsp3) is 0.273. The van der Waals surface area contributed by atoms with E-state index in [1.807, 2.05) is 25.1 Å². The van der Waals surface area contributed by atoms with E-state index in [0.29, 0.717) is 18.2 Å². The first kappa shape index (κ1) is 26.4. The molecule has 0 bridgehead atoms. The fourth-order valence-corrected chi connectivity index (χ4v) is 5.54. The van der Waals surface area contributed by atoms with Crippen LogP contribution in [0.5, 0.6) is 0 Å². The summed E-state index contributed by atoms with van der Waals surface area (Å²) in [5.41, 5.74) is 8.05. The van der Waals surface area contributed by atoms with Gasteiger partial charge in [0.1, 0.15) is 0 Å². The highest BCUT2D eigenvalue weighted by Gasteiger charge is 2.28. The zero-order valence-corrected chi connectivity index (χ0v) is 22.6. The summed E-state index contributed by atoms with van der Waals surface area (Å²) in [6, 6.07) is 23.2. The van der Waals surface area contributed by atoms with Crippen LogP contribution in [0.25, 0.3) is 17.0 Å². The number of ether oxygens (including phenoxy) is 1. The molecular weight excluding hydrogens is 486 g/mol. The average molecular weight is 522 g/mol. The third-order valence-electron chi connectivity index (χ3n) is 7.55. The zero-order valence-electron chi connectivity index (χ0n) is 22.6. The lowest BCUT2D eigenvalue weighted by molar-refractivity contribution is -0.134. The normalized spacial score (nSPS) is 14.7. The Bertz CT molecular complexity index is 1490. The minimum Gasteiger partial charge on any atom is -0.466 e. The maximum atomic E-state index is 12.2. The number of fused-ring (bicyclic) bond motifs is 2. The van der Waals surface area contributed by atoms with Crippen molar-refractivity contribution in [2.24, 2.45) is 0 Å². The van der Waals surface area contributed by atoms with E-state index in [-0.39, 0.29) is 11.9 Å². The molecule has 0 saturated carbocycles. The van der Waals surface area contributed by atoms with Gasteiger partial charge in [-0.25, -0.2) is 4.79 Å². The van der Waals surface area contributed by atoms with Crippen LogP contribution in [0, 0.1) is 0 Å². The number of hydrogen-bond acceptors (Lipinski definition) is 4. The summed E-state index contributed by atoms with van der Waals surface area (Å²) < 4.78 is 4.73. The van der Waals surface area contributed by atoms with Gasteiger partial charge in [0.25, 0.3) is 5.91 Å². The van der Waals surface area contributed by atoms with Gasteiger partial charge in [-0.1, -0.05) is 48.5 Å². The van der Waals surface area contributed by atoms with Crippen molar-refractivity contribution in [1.29, 1.82) is 0 Å². The molecule has 1 aliphatic carbocycles. The number of nitrogens with one attached hydrogen (secondary N) is 2. The molecule has 1 aliphatic rings. The molecule has 6 nitrogen and oxygen atoms in total. The Labute approximate surface area is 229 Å². The molecular formula is C33H35N3O3. The van der Waals surface area contributed by atoms with Crippen molar-refractivity contribution in [3.8, 4) is 0 Å². The molecule has 1 heterocycles. The maximum absolute atomic E-state index is 12.2. The summed E-state index contributed by atoms with van der Waals surface area (Å²) in [6.45, 7) is 4.25. The smallest absolute Gasteiger partial charge is 0.330 e. The van der Waals surface area contributed by atoms with Gasteiger partial charge in [-0.05, 0) is 78.3 Å². The standard InChI is InChI=1S/C33H35N3O3/c1-3-34-33(38)25-12-8-24(9-13-25)22-36(19-18-27-21-35-30-7-5-4-6-28(27)30)31-16-14-26-20-23(10-15-29(26)31)11-17-32(37)39-2/h4-13,15,17,20-21,31,35H,3,14,16,18-19,22H2,1-2H3,(H,34,38). The van der Waals surface area contributed by atoms with Crippen LogP contribution in [0.2, 0.25) is 0 Å². The van der Waals surface area contributed by atoms with Crippen molar-refractivity contribution in [3.05, 3.63) is 112 Å². The largest absolute Gasteiger partial charge is 0.466 e. The van der Waals surface area contributed by atoms with E-state index in [2.05, 4.69) is 76.0 Å². The van der Waals surface area contributed by atoms with Crippen molar-refractivity contribution >= 4 is 28.9 Å². The molecule has 1 aromatic heterocycles. The minimum atomic E-state index is -0.352. The van der Waals surface area contributed by atoms with E-state index in [0.717, 1.165) is 37.9 Å². The summed E-state index contributed by atoms with van der Waals surface area (Å²) in [4.78, 5) is 29.8. The van der Waals surface area contributed by atoms with Crippen LogP contribution in [0.3, 0.4) is 0 Å². The number of aromatic amines is 1. The first-order valence-electron chi connectivity index (χ1n) is 13.6. The molecule has 6 heteroatoms. The molecule has 39 heavy (non-hydrogen) atoms. The number of amides is 1. The number of esters is 1. The van der Waals surface area contributed by atoms with Crippen LogP contribution in [0.4, 0.5) is 0 Å². The number of carbonyl (C=O) groups excluding carboxylic acids is 2. The number of para-hydroxylation sites is 1. The van der Waals surface area contributed by atoms with Gasteiger partial charge < -0.3 is 15.0 Å². The summed E-state index contributed by atoms with van der Waals surface area (Å²) in [5.74, 6) is -0.392. The average Bonchev–Trinajstić information content (AvgIpc) is 3.58. The second-order valence-electron chi connectivity index (χ2n) is 10.0. The van der Waals surface area contributed by atoms with Gasteiger partial charge in [-0.15, -0.1) is 0 Å². The quantitative estimate of drug-likeness (QED) is 0.203. The molecule has 0 aliphatic heterocycles. The Kier molecular flexibility index (Phi) is 8.23.